The molecule has 0 saturated heterocycles. The molecule has 0 aromatic heterocycles. The van der Waals surface area contributed by atoms with Crippen LogP contribution in [-0.4, -0.2) is 147 Å². The van der Waals surface area contributed by atoms with Gasteiger partial charge in [-0.25, -0.2) is 0 Å². The number of hydrogen-bond donors (Lipinski definition) is 14. The number of amides is 5. The highest BCUT2D eigenvalue weighted by atomic mass is 127. The maximum Gasteiger partial charge on any atom is 0.255 e. The van der Waals surface area contributed by atoms with Gasteiger partial charge in [-0.1, -0.05) is 0 Å². The fourth-order valence-corrected chi connectivity index (χ4v) is 13.6. The third kappa shape index (κ3) is 12.6. The van der Waals surface area contributed by atoms with E-state index < -0.39 is 87.6 Å². The zero-order chi connectivity index (χ0) is 41.2. The number of halogens is 6. The second-order valence-electron chi connectivity index (χ2n) is 10.6. The molecule has 5 unspecified atom stereocenters. The van der Waals surface area contributed by atoms with Crippen LogP contribution in [0, 0.1) is 21.4 Å². The van der Waals surface area contributed by atoms with Crippen LogP contribution in [0.2, 0.25) is 0 Å². The zero-order valence-corrected chi connectivity index (χ0v) is 39.9. The molecule has 0 heterocycles. The van der Waals surface area contributed by atoms with E-state index in [4.69, 9.17) is 0 Å². The second kappa shape index (κ2) is 23.3. The predicted octanol–water partition coefficient (Wildman–Crippen LogP) is -2.09. The van der Waals surface area contributed by atoms with E-state index in [0.29, 0.717) is 6.41 Å². The van der Waals surface area contributed by atoms with E-state index in [0.717, 1.165) is 4.90 Å². The topological polar surface area (TPSA) is 331 Å². The summed E-state index contributed by atoms with van der Waals surface area (Å²) < 4.78 is 0.656. The lowest BCUT2D eigenvalue weighted by molar-refractivity contribution is -0.107. The third-order valence-corrected chi connectivity index (χ3v) is 13.2. The van der Waals surface area contributed by atoms with Gasteiger partial charge in [0.15, 0.2) is 0 Å². The van der Waals surface area contributed by atoms with Gasteiger partial charge in [0.2, 0.25) is 6.41 Å². The number of nitrogens with one attached hydrogen (secondary N) is 5. The number of carbonyl (C=O) groups excluding carboxylic acids is 5. The molecule has 14 N–H and O–H groups in total. The fourth-order valence-electron chi connectivity index (χ4n) is 4.29. The summed E-state index contributed by atoms with van der Waals surface area (Å²) in [6, 6.07) is 0. The van der Waals surface area contributed by atoms with Crippen LogP contribution in [0.5, 0.6) is 0 Å². The van der Waals surface area contributed by atoms with Crippen molar-refractivity contribution in [3.63, 3.8) is 0 Å². The fraction of sp³-hybridized carbons (Fsp3) is 0.393. The van der Waals surface area contributed by atoms with Gasteiger partial charge < -0.3 is 77.4 Å². The monoisotopic (exact) mass is 1440 g/mol. The largest absolute Gasteiger partial charge is 0.392 e. The van der Waals surface area contributed by atoms with Crippen molar-refractivity contribution < 1.29 is 69.9 Å². The molecule has 0 spiro atoms. The van der Waals surface area contributed by atoms with E-state index in [1.54, 1.807) is 136 Å². The van der Waals surface area contributed by atoms with Crippen molar-refractivity contribution in [2.75, 3.05) is 49.7 Å². The number of anilines is 2. The molecule has 0 aliphatic rings. The van der Waals surface area contributed by atoms with Gasteiger partial charge in [0.05, 0.1) is 87.0 Å². The average Bonchev–Trinajstić information content (AvgIpc) is 3.10. The Kier molecular flexibility index (Phi) is 21.4. The summed E-state index contributed by atoms with van der Waals surface area (Å²) in [7, 11) is 0. The summed E-state index contributed by atoms with van der Waals surface area (Å²) in [4.78, 5) is 66.5. The van der Waals surface area contributed by atoms with Crippen molar-refractivity contribution >= 4 is 177 Å². The molecule has 2 rings (SSSR count). The Hall–Kier alpha value is -0.390. The lowest BCUT2D eigenvalue weighted by Gasteiger charge is -2.28. The van der Waals surface area contributed by atoms with Crippen LogP contribution in [-0.2, 0) is 4.79 Å². The Balaban J connectivity index is 2.65. The molecule has 2 aromatic carbocycles. The van der Waals surface area contributed by atoms with E-state index in [1.165, 1.54) is 0 Å². The molecule has 0 saturated carbocycles. The van der Waals surface area contributed by atoms with E-state index in [2.05, 4.69) is 26.6 Å². The Morgan fingerprint density at radius 1 is 0.537 bits per heavy atom. The van der Waals surface area contributed by atoms with Crippen LogP contribution in [0.1, 0.15) is 41.4 Å². The van der Waals surface area contributed by atoms with Gasteiger partial charge in [-0.15, -0.1) is 0 Å². The molecule has 5 atom stereocenters. The van der Waals surface area contributed by atoms with Crippen LogP contribution in [0.3, 0.4) is 0 Å². The van der Waals surface area contributed by atoms with Crippen LogP contribution >= 0.6 is 136 Å². The Morgan fingerprint density at radius 3 is 1.11 bits per heavy atom. The summed E-state index contributed by atoms with van der Waals surface area (Å²) in [6.45, 7) is -4.20. The summed E-state index contributed by atoms with van der Waals surface area (Å²) in [5.41, 5.74) is -0.590. The predicted molar refractivity (Wildman–Crippen MR) is 239 cm³/mol. The van der Waals surface area contributed by atoms with Crippen molar-refractivity contribution in [2.45, 2.75) is 31.0 Å². The summed E-state index contributed by atoms with van der Waals surface area (Å²) in [5, 5.41) is 99.3. The maximum atomic E-state index is 13.3. The Morgan fingerprint density at radius 2 is 0.833 bits per heavy atom. The number of aliphatic hydroxyl groups is 9. The molecule has 0 bridgehead atoms. The number of carbonyl (C=O) groups is 5. The smallest absolute Gasteiger partial charge is 0.255 e. The maximum absolute atomic E-state index is 13.3. The molecule has 20 nitrogen and oxygen atoms in total. The van der Waals surface area contributed by atoms with Crippen LogP contribution in [0.25, 0.3) is 0 Å². The van der Waals surface area contributed by atoms with Gasteiger partial charge in [0, 0.05) is 13.7 Å². The standard InChI is InChI=1S/C28H32I6N6O14/c29-17-13(25(51)36-9(47)3-41)19(31)23(20(32)14(17)26(52)37-10(48)4-42)35-1-8(46)2-40(7-45)24-21(33)15(27(53)38-11(49)5-43)18(30)16(22(24)34)28(54)39-12(50)6-44/h7-12,35,41-44,46-50H,1-6H2,(H,36,51)(H,37,52)(H,38,53)(H,39,54). The molecular weight excluding hydrogens is 1410 g/mol. The molecule has 300 valence electrons. The molecule has 0 aliphatic heterocycles. The zero-order valence-electron chi connectivity index (χ0n) is 27.0. The first-order chi connectivity index (χ1) is 25.3. The van der Waals surface area contributed by atoms with E-state index in [9.17, 15) is 69.9 Å². The molecule has 26 heteroatoms. The second-order valence-corrected chi connectivity index (χ2v) is 17.1. The highest BCUT2D eigenvalue weighted by Crippen LogP contribution is 2.39. The summed E-state index contributed by atoms with van der Waals surface area (Å²) >= 11 is 10.4. The lowest BCUT2D eigenvalue weighted by Crippen LogP contribution is -2.41. The summed E-state index contributed by atoms with van der Waals surface area (Å²) in [6.07, 6.45) is -7.84. The minimum atomic E-state index is -1.69. The number of benzene rings is 2. The first-order valence-electron chi connectivity index (χ1n) is 14.7. The van der Waals surface area contributed by atoms with E-state index in [1.807, 2.05) is 0 Å². The molecule has 0 aliphatic carbocycles. The number of rotatable bonds is 19. The molecular formula is C28H32I6N6O14. The highest BCUT2D eigenvalue weighted by Gasteiger charge is 2.33. The molecule has 0 fully saturated rings. The van der Waals surface area contributed by atoms with Gasteiger partial charge in [-0.3, -0.25) is 24.0 Å². The third-order valence-electron chi connectivity index (χ3n) is 6.74. The van der Waals surface area contributed by atoms with E-state index >= 15 is 0 Å². The quantitative estimate of drug-likeness (QED) is 0.0408. The molecule has 5 amide bonds. The number of nitrogens with zero attached hydrogens (tertiary/aromatic N) is 1. The van der Waals surface area contributed by atoms with Crippen LogP contribution < -0.4 is 31.5 Å². The molecule has 2 aromatic rings. The molecule has 0 radical (unpaired) electrons. The normalized spacial score (nSPS) is 13.9. The Bertz CT molecular complexity index is 1640. The first kappa shape index (κ1) is 49.8. The highest BCUT2D eigenvalue weighted by molar-refractivity contribution is 14.1. The van der Waals surface area contributed by atoms with Gasteiger partial charge in [0.25, 0.3) is 23.6 Å². The number of hydrogen-bond acceptors (Lipinski definition) is 15. The van der Waals surface area contributed by atoms with Crippen LogP contribution in [0.15, 0.2) is 0 Å². The summed E-state index contributed by atoms with van der Waals surface area (Å²) in [5.74, 6) is -3.69. The molecule has 54 heavy (non-hydrogen) atoms. The van der Waals surface area contributed by atoms with Gasteiger partial charge >= 0.3 is 0 Å². The van der Waals surface area contributed by atoms with Gasteiger partial charge in [-0.05, 0) is 136 Å². The van der Waals surface area contributed by atoms with Gasteiger partial charge in [0.1, 0.15) is 24.9 Å². The average molecular weight is 1440 g/mol. The van der Waals surface area contributed by atoms with Crippen LogP contribution in [0.4, 0.5) is 11.4 Å². The SMILES string of the molecule is O=CN(CC(O)CNc1c(I)c(C(=O)NC(O)CO)c(I)c(C(=O)NC(O)CO)c1I)c1c(I)c(C(=O)NC(O)CO)c(I)c(C(=O)NC(O)CO)c1I. The van der Waals surface area contributed by atoms with Gasteiger partial charge in [-0.2, -0.15) is 0 Å². The minimum absolute atomic E-state index is 0.0176. The number of aliphatic hydroxyl groups excluding tert-OH is 9. The first-order valence-corrected chi connectivity index (χ1v) is 21.2. The van der Waals surface area contributed by atoms with Crippen molar-refractivity contribution in [1.29, 1.82) is 0 Å². The minimum Gasteiger partial charge on any atom is -0.392 e. The van der Waals surface area contributed by atoms with Crippen molar-refractivity contribution in [2.24, 2.45) is 0 Å². The van der Waals surface area contributed by atoms with E-state index in [-0.39, 0.29) is 61.6 Å². The Labute approximate surface area is 387 Å². The van der Waals surface area contributed by atoms with Crippen molar-refractivity contribution in [3.05, 3.63) is 43.7 Å². The van der Waals surface area contributed by atoms with Crippen molar-refractivity contribution in [3.8, 4) is 0 Å². The van der Waals surface area contributed by atoms with Crippen molar-refractivity contribution in [1.82, 2.24) is 21.3 Å². The lowest BCUT2D eigenvalue weighted by atomic mass is 10.1.